The second-order valence-corrected chi connectivity index (χ2v) is 8.50. The summed E-state index contributed by atoms with van der Waals surface area (Å²) in [5.41, 5.74) is 2.81. The van der Waals surface area contributed by atoms with Gasteiger partial charge in [-0.05, 0) is 54.8 Å². The van der Waals surface area contributed by atoms with Gasteiger partial charge in [-0.1, -0.05) is 0 Å². The number of hydrogen-bond donors (Lipinski definition) is 1. The van der Waals surface area contributed by atoms with Crippen molar-refractivity contribution in [2.24, 2.45) is 5.14 Å². The molecule has 28 heavy (non-hydrogen) atoms. The van der Waals surface area contributed by atoms with E-state index in [0.717, 1.165) is 5.56 Å². The highest BCUT2D eigenvalue weighted by Crippen LogP contribution is 2.43. The average molecular weight is 397 g/mol. The van der Waals surface area contributed by atoms with Gasteiger partial charge in [-0.3, -0.25) is 19.5 Å². The van der Waals surface area contributed by atoms with Crippen LogP contribution in [0, 0.1) is 0 Å². The van der Waals surface area contributed by atoms with E-state index >= 15 is 0 Å². The van der Waals surface area contributed by atoms with Gasteiger partial charge in [-0.15, -0.1) is 0 Å². The number of anilines is 1. The molecule has 7 nitrogen and oxygen atoms in total. The third kappa shape index (κ3) is 3.25. The first-order chi connectivity index (χ1) is 13.4. The first-order valence-electron chi connectivity index (χ1n) is 8.98. The fraction of sp³-hybridized carbons (Fsp3) is 0.250. The maximum absolute atomic E-state index is 13.0. The van der Waals surface area contributed by atoms with Gasteiger partial charge in [-0.2, -0.15) is 0 Å². The number of ketones is 1. The van der Waals surface area contributed by atoms with Gasteiger partial charge in [-0.25, -0.2) is 13.6 Å². The second kappa shape index (κ2) is 6.96. The first kappa shape index (κ1) is 18.5. The second-order valence-electron chi connectivity index (χ2n) is 6.94. The molecule has 1 atom stereocenters. The van der Waals surface area contributed by atoms with Gasteiger partial charge in [0.1, 0.15) is 0 Å². The number of hydrogen-bond acceptors (Lipinski definition) is 5. The Bertz CT molecular complexity index is 1080. The van der Waals surface area contributed by atoms with Crippen molar-refractivity contribution in [1.82, 2.24) is 4.98 Å². The third-order valence-electron chi connectivity index (χ3n) is 5.21. The molecule has 4 rings (SSSR count). The summed E-state index contributed by atoms with van der Waals surface area (Å²) in [5.74, 6) is -0.349. The number of rotatable bonds is 3. The van der Waals surface area contributed by atoms with E-state index in [0.29, 0.717) is 36.2 Å². The number of carbonyl (C=O) groups is 2. The topological polar surface area (TPSA) is 110 Å². The molecular weight excluding hydrogens is 378 g/mol. The fourth-order valence-electron chi connectivity index (χ4n) is 3.96. The van der Waals surface area contributed by atoms with Crippen molar-refractivity contribution < 1.29 is 18.0 Å². The maximum atomic E-state index is 13.0. The molecule has 0 bridgehead atoms. The van der Waals surface area contributed by atoms with Crippen molar-refractivity contribution in [3.63, 3.8) is 0 Å². The molecule has 0 saturated heterocycles. The average Bonchev–Trinajstić information content (AvgIpc) is 2.68. The summed E-state index contributed by atoms with van der Waals surface area (Å²) in [5, 5.41) is 5.15. The van der Waals surface area contributed by atoms with E-state index < -0.39 is 10.0 Å². The number of nitrogens with two attached hydrogens (primary N) is 1. The van der Waals surface area contributed by atoms with Crippen LogP contribution in [0.2, 0.25) is 0 Å². The lowest BCUT2D eigenvalue weighted by atomic mass is 9.77. The van der Waals surface area contributed by atoms with E-state index in [1.165, 1.54) is 12.1 Å². The minimum Gasteiger partial charge on any atom is -0.294 e. The molecule has 1 unspecified atom stereocenters. The lowest BCUT2D eigenvalue weighted by molar-refractivity contribution is -0.119. The fourth-order valence-corrected chi connectivity index (χ4v) is 4.47. The molecule has 0 saturated carbocycles. The summed E-state index contributed by atoms with van der Waals surface area (Å²) >= 11 is 0. The lowest BCUT2D eigenvalue weighted by Gasteiger charge is -2.38. The number of primary sulfonamides is 1. The Morgan fingerprint density at radius 2 is 1.68 bits per heavy atom. The maximum Gasteiger partial charge on any atom is 0.238 e. The van der Waals surface area contributed by atoms with Crippen molar-refractivity contribution in [3.8, 4) is 0 Å². The molecule has 0 fully saturated rings. The summed E-state index contributed by atoms with van der Waals surface area (Å²) in [6.45, 7) is 0. The normalized spacial score (nSPS) is 20.3. The van der Waals surface area contributed by atoms with Crippen LogP contribution in [0.15, 0.2) is 65.0 Å². The van der Waals surface area contributed by atoms with Crippen molar-refractivity contribution in [3.05, 3.63) is 65.6 Å². The highest BCUT2D eigenvalue weighted by Gasteiger charge is 2.39. The number of nitrogens with zero attached hydrogens (tertiary/aromatic N) is 2. The molecular formula is C20H19N3O4S. The van der Waals surface area contributed by atoms with Gasteiger partial charge < -0.3 is 0 Å². The molecule has 1 aliphatic carbocycles. The van der Waals surface area contributed by atoms with Crippen molar-refractivity contribution in [2.45, 2.75) is 36.5 Å². The Morgan fingerprint density at radius 1 is 1.00 bits per heavy atom. The van der Waals surface area contributed by atoms with Gasteiger partial charge >= 0.3 is 0 Å². The van der Waals surface area contributed by atoms with Crippen molar-refractivity contribution in [1.29, 1.82) is 0 Å². The van der Waals surface area contributed by atoms with Gasteiger partial charge in [0.25, 0.3) is 0 Å². The number of benzene rings is 1. The van der Waals surface area contributed by atoms with Crippen LogP contribution in [-0.2, 0) is 19.6 Å². The van der Waals surface area contributed by atoms with E-state index in [4.69, 9.17) is 5.14 Å². The Labute approximate surface area is 162 Å². The number of amides is 1. The number of pyridine rings is 1. The number of allylic oxidation sites excluding steroid dienone is 2. The van der Waals surface area contributed by atoms with Crippen LogP contribution in [0.1, 0.15) is 37.2 Å². The first-order valence-corrected chi connectivity index (χ1v) is 10.5. The lowest BCUT2D eigenvalue weighted by Crippen LogP contribution is -2.40. The Morgan fingerprint density at radius 3 is 2.32 bits per heavy atom. The van der Waals surface area contributed by atoms with Crippen LogP contribution in [0.4, 0.5) is 5.69 Å². The quantitative estimate of drug-likeness (QED) is 0.854. The molecule has 1 amide bonds. The van der Waals surface area contributed by atoms with E-state index in [9.17, 15) is 18.0 Å². The molecule has 1 aromatic heterocycles. The summed E-state index contributed by atoms with van der Waals surface area (Å²) in [4.78, 5) is 31.4. The van der Waals surface area contributed by atoms with Crippen molar-refractivity contribution in [2.75, 3.05) is 4.90 Å². The number of carbonyl (C=O) groups excluding carboxylic acids is 2. The van der Waals surface area contributed by atoms with Gasteiger partial charge in [0.15, 0.2) is 5.78 Å². The highest BCUT2D eigenvalue weighted by atomic mass is 32.2. The predicted molar refractivity (Wildman–Crippen MR) is 103 cm³/mol. The molecule has 2 aromatic rings. The van der Waals surface area contributed by atoms with Crippen LogP contribution in [0.3, 0.4) is 0 Å². The van der Waals surface area contributed by atoms with E-state index in [1.807, 2.05) is 12.1 Å². The molecule has 2 aliphatic rings. The predicted octanol–water partition coefficient (Wildman–Crippen LogP) is 2.26. The summed E-state index contributed by atoms with van der Waals surface area (Å²) in [7, 11) is -3.82. The number of aromatic nitrogens is 1. The zero-order chi connectivity index (χ0) is 19.9. The number of Topliss-reactive ketones (excluding diaryl/α,β-unsaturated/α-hetero) is 1. The van der Waals surface area contributed by atoms with Crippen LogP contribution in [0.25, 0.3) is 0 Å². The largest absolute Gasteiger partial charge is 0.294 e. The Balaban J connectivity index is 1.82. The molecule has 2 N–H and O–H groups in total. The van der Waals surface area contributed by atoms with Crippen LogP contribution in [0.5, 0.6) is 0 Å². The molecule has 0 radical (unpaired) electrons. The summed E-state index contributed by atoms with van der Waals surface area (Å²) in [6.07, 6.45) is 5.25. The van der Waals surface area contributed by atoms with E-state index in [-0.39, 0.29) is 28.9 Å². The van der Waals surface area contributed by atoms with Gasteiger partial charge in [0.2, 0.25) is 15.9 Å². The molecule has 0 spiro atoms. The summed E-state index contributed by atoms with van der Waals surface area (Å²) < 4.78 is 23.0. The van der Waals surface area contributed by atoms with E-state index in [1.54, 1.807) is 29.4 Å². The number of sulfonamides is 1. The minimum atomic E-state index is -3.82. The highest BCUT2D eigenvalue weighted by molar-refractivity contribution is 7.89. The molecule has 2 heterocycles. The van der Waals surface area contributed by atoms with Crippen LogP contribution < -0.4 is 10.0 Å². The van der Waals surface area contributed by atoms with Crippen LogP contribution in [-0.4, -0.2) is 25.1 Å². The Kier molecular flexibility index (Phi) is 4.60. The standard InChI is InChI=1S/C20H19N3O4S/c21-28(26,27)15-6-4-14(5-7-15)23-17-2-1-3-18(24)20(17)16(12-19(23)25)13-8-10-22-11-9-13/h4-11,16H,1-3,12H2,(H2,21,26,27). The molecule has 1 aromatic carbocycles. The summed E-state index contributed by atoms with van der Waals surface area (Å²) in [6, 6.07) is 9.51. The monoisotopic (exact) mass is 397 g/mol. The molecule has 8 heteroatoms. The zero-order valence-electron chi connectivity index (χ0n) is 15.0. The van der Waals surface area contributed by atoms with Crippen LogP contribution >= 0.6 is 0 Å². The van der Waals surface area contributed by atoms with Crippen molar-refractivity contribution >= 4 is 27.4 Å². The molecule has 1 aliphatic heterocycles. The van der Waals surface area contributed by atoms with E-state index in [2.05, 4.69) is 4.98 Å². The SMILES string of the molecule is NS(=O)(=O)c1ccc(N2C(=O)CC(c3ccncc3)C3=C2CCCC3=O)cc1. The Hall–Kier alpha value is -2.84. The smallest absolute Gasteiger partial charge is 0.238 e. The van der Waals surface area contributed by atoms with Gasteiger partial charge in [0, 0.05) is 48.1 Å². The van der Waals surface area contributed by atoms with Gasteiger partial charge in [0.05, 0.1) is 4.90 Å². The molecule has 144 valence electrons. The third-order valence-corrected chi connectivity index (χ3v) is 6.14. The minimum absolute atomic E-state index is 0.0238. The zero-order valence-corrected chi connectivity index (χ0v) is 15.9.